The quantitative estimate of drug-likeness (QED) is 0.605. The first-order chi connectivity index (χ1) is 12.6. The number of carbonyl (C=O) groups is 1. The van der Waals surface area contributed by atoms with E-state index >= 15 is 0 Å². The molecule has 2 aliphatic rings. The van der Waals surface area contributed by atoms with Gasteiger partial charge in [0.15, 0.2) is 11.5 Å². The number of hydrogen-bond acceptors (Lipinski definition) is 5. The van der Waals surface area contributed by atoms with Crippen LogP contribution in [0.4, 0.5) is 0 Å². The van der Waals surface area contributed by atoms with Crippen molar-refractivity contribution in [2.75, 3.05) is 46.1 Å². The molecule has 142 valence electrons. The fraction of sp³-hybridized carbons (Fsp3) is 0.579. The van der Waals surface area contributed by atoms with Crippen LogP contribution < -0.4 is 9.47 Å². The third kappa shape index (κ3) is 4.46. The Morgan fingerprint density at radius 2 is 1.92 bits per heavy atom. The van der Waals surface area contributed by atoms with Crippen LogP contribution in [0.1, 0.15) is 31.1 Å². The third-order valence-corrected chi connectivity index (χ3v) is 4.45. The van der Waals surface area contributed by atoms with E-state index in [-0.39, 0.29) is 12.7 Å². The van der Waals surface area contributed by atoms with Crippen molar-refractivity contribution in [1.82, 2.24) is 9.80 Å². The van der Waals surface area contributed by atoms with Gasteiger partial charge in [0.25, 0.3) is 11.9 Å². The first kappa shape index (κ1) is 18.5. The normalized spacial score (nSPS) is 17.7. The highest BCUT2D eigenvalue weighted by molar-refractivity contribution is 6.01. The van der Waals surface area contributed by atoms with E-state index in [2.05, 4.69) is 35.6 Å². The molecule has 2 aliphatic heterocycles. The Balaban J connectivity index is 1.75. The van der Waals surface area contributed by atoms with Crippen LogP contribution in [-0.2, 0) is 4.74 Å². The Labute approximate surface area is 154 Å². The molecule has 0 aliphatic carbocycles. The van der Waals surface area contributed by atoms with Gasteiger partial charge in [0.1, 0.15) is 0 Å². The molecule has 0 radical (unpaired) electrons. The minimum absolute atomic E-state index is 0.181. The van der Waals surface area contributed by atoms with E-state index in [1.54, 1.807) is 18.2 Å². The third-order valence-electron chi connectivity index (χ3n) is 4.45. The van der Waals surface area contributed by atoms with E-state index in [1.807, 2.05) is 0 Å². The number of fused-ring (bicyclic) bond motifs is 1. The average Bonchev–Trinajstić information content (AvgIpc) is 3.12. The minimum Gasteiger partial charge on any atom is -0.465 e. The molecule has 1 saturated heterocycles. The zero-order valence-corrected chi connectivity index (χ0v) is 15.7. The molecule has 1 aromatic rings. The summed E-state index contributed by atoms with van der Waals surface area (Å²) in [5.41, 5.74) is 0.465. The van der Waals surface area contributed by atoms with Crippen molar-refractivity contribution in [2.45, 2.75) is 20.8 Å². The molecule has 26 heavy (non-hydrogen) atoms. The van der Waals surface area contributed by atoms with E-state index in [0.29, 0.717) is 35.6 Å². The molecule has 0 saturated carbocycles. The standard InChI is InChI=1S/C19H27N3O4/c1-4-21-7-9-22(10-8-21)19(24-12-14(2)3)20-18(23)15-5-6-16-17(11-15)26-13-25-16/h5-6,11,14H,4,7-10,12-13H2,1-3H3. The van der Waals surface area contributed by atoms with Crippen molar-refractivity contribution in [1.29, 1.82) is 0 Å². The van der Waals surface area contributed by atoms with E-state index in [9.17, 15) is 4.79 Å². The summed E-state index contributed by atoms with van der Waals surface area (Å²) in [5.74, 6) is 1.25. The van der Waals surface area contributed by atoms with Crippen LogP contribution in [0.3, 0.4) is 0 Å². The van der Waals surface area contributed by atoms with Crippen LogP contribution in [0.5, 0.6) is 11.5 Å². The van der Waals surface area contributed by atoms with Gasteiger partial charge in [-0.3, -0.25) is 4.79 Å². The second-order valence-corrected chi connectivity index (χ2v) is 6.89. The molecule has 0 N–H and O–H groups in total. The smallest absolute Gasteiger partial charge is 0.295 e. The highest BCUT2D eigenvalue weighted by atomic mass is 16.7. The number of hydrogen-bond donors (Lipinski definition) is 0. The Morgan fingerprint density at radius 1 is 1.19 bits per heavy atom. The molecular weight excluding hydrogens is 334 g/mol. The number of benzene rings is 1. The number of amidine groups is 1. The molecule has 7 nitrogen and oxygen atoms in total. The summed E-state index contributed by atoms with van der Waals surface area (Å²) >= 11 is 0. The lowest BCUT2D eigenvalue weighted by Gasteiger charge is -2.35. The lowest BCUT2D eigenvalue weighted by Crippen LogP contribution is -2.49. The maximum absolute atomic E-state index is 12.7. The maximum Gasteiger partial charge on any atom is 0.295 e. The van der Waals surface area contributed by atoms with E-state index in [4.69, 9.17) is 14.2 Å². The first-order valence-corrected chi connectivity index (χ1v) is 9.19. The fourth-order valence-corrected chi connectivity index (χ4v) is 2.87. The Kier molecular flexibility index (Phi) is 5.98. The van der Waals surface area contributed by atoms with Crippen LogP contribution in [-0.4, -0.2) is 67.9 Å². The van der Waals surface area contributed by atoms with Crippen molar-refractivity contribution in [3.63, 3.8) is 0 Å². The second-order valence-electron chi connectivity index (χ2n) is 6.89. The number of likely N-dealkylation sites (N-methyl/N-ethyl adjacent to an activating group) is 1. The summed E-state index contributed by atoms with van der Waals surface area (Å²) in [6.07, 6.45) is 0. The van der Waals surface area contributed by atoms with Gasteiger partial charge in [-0.15, -0.1) is 0 Å². The summed E-state index contributed by atoms with van der Waals surface area (Å²) in [6, 6.07) is 5.52. The van der Waals surface area contributed by atoms with Crippen molar-refractivity contribution in [3.05, 3.63) is 23.8 Å². The zero-order valence-electron chi connectivity index (χ0n) is 15.7. The van der Waals surface area contributed by atoms with Gasteiger partial charge in [-0.1, -0.05) is 20.8 Å². The molecule has 0 aromatic heterocycles. The summed E-state index contributed by atoms with van der Waals surface area (Å²) < 4.78 is 16.5. The molecule has 0 bridgehead atoms. The molecule has 2 heterocycles. The number of aliphatic imine (C=N–C) groups is 1. The lowest BCUT2D eigenvalue weighted by atomic mass is 10.2. The summed E-state index contributed by atoms with van der Waals surface area (Å²) in [5, 5.41) is 0. The van der Waals surface area contributed by atoms with Gasteiger partial charge in [0, 0.05) is 31.7 Å². The zero-order chi connectivity index (χ0) is 18.5. The summed E-state index contributed by atoms with van der Waals surface area (Å²) in [7, 11) is 0. The topological polar surface area (TPSA) is 63.6 Å². The van der Waals surface area contributed by atoms with Gasteiger partial charge in [-0.25, -0.2) is 0 Å². The van der Waals surface area contributed by atoms with E-state index < -0.39 is 0 Å². The molecule has 1 amide bonds. The second kappa shape index (κ2) is 8.40. The lowest BCUT2D eigenvalue weighted by molar-refractivity contribution is 0.0983. The van der Waals surface area contributed by atoms with Crippen molar-refractivity contribution in [2.24, 2.45) is 10.9 Å². The number of rotatable bonds is 4. The molecule has 0 unspecified atom stereocenters. The van der Waals surface area contributed by atoms with Gasteiger partial charge < -0.3 is 24.0 Å². The number of piperazine rings is 1. The van der Waals surface area contributed by atoms with Gasteiger partial charge in [0.05, 0.1) is 6.61 Å². The predicted molar refractivity (Wildman–Crippen MR) is 98.8 cm³/mol. The fourth-order valence-electron chi connectivity index (χ4n) is 2.87. The molecule has 0 atom stereocenters. The monoisotopic (exact) mass is 361 g/mol. The molecule has 0 spiro atoms. The van der Waals surface area contributed by atoms with Crippen LogP contribution in [0.25, 0.3) is 0 Å². The molecular formula is C19H27N3O4. The SMILES string of the molecule is CCN1CCN(C(=NC(=O)c2ccc3c(c2)OCO3)OCC(C)C)CC1. The molecule has 1 aromatic carbocycles. The molecule has 1 fully saturated rings. The average molecular weight is 361 g/mol. The van der Waals surface area contributed by atoms with Crippen LogP contribution in [0.15, 0.2) is 23.2 Å². The Hall–Kier alpha value is -2.28. The number of amides is 1. The summed E-state index contributed by atoms with van der Waals surface area (Å²) in [6.45, 7) is 11.5. The minimum atomic E-state index is -0.333. The van der Waals surface area contributed by atoms with Crippen molar-refractivity contribution >= 4 is 11.9 Å². The van der Waals surface area contributed by atoms with Gasteiger partial charge in [-0.2, -0.15) is 4.99 Å². The van der Waals surface area contributed by atoms with Gasteiger partial charge >= 0.3 is 0 Å². The highest BCUT2D eigenvalue weighted by Crippen LogP contribution is 2.32. The Morgan fingerprint density at radius 3 is 2.62 bits per heavy atom. The van der Waals surface area contributed by atoms with Crippen LogP contribution in [0, 0.1) is 5.92 Å². The van der Waals surface area contributed by atoms with Crippen molar-refractivity contribution in [3.8, 4) is 11.5 Å². The highest BCUT2D eigenvalue weighted by Gasteiger charge is 2.22. The molecule has 3 rings (SSSR count). The van der Waals surface area contributed by atoms with E-state index in [1.165, 1.54) is 0 Å². The number of carbonyl (C=O) groups excluding carboxylic acids is 1. The number of ether oxygens (including phenoxy) is 3. The maximum atomic E-state index is 12.7. The first-order valence-electron chi connectivity index (χ1n) is 9.19. The predicted octanol–water partition coefficient (Wildman–Crippen LogP) is 2.22. The largest absolute Gasteiger partial charge is 0.465 e. The van der Waals surface area contributed by atoms with Crippen molar-refractivity contribution < 1.29 is 19.0 Å². The number of nitrogens with zero attached hydrogens (tertiary/aromatic N) is 3. The van der Waals surface area contributed by atoms with Gasteiger partial charge in [-0.05, 0) is 30.7 Å². The summed E-state index contributed by atoms with van der Waals surface area (Å²) in [4.78, 5) is 21.4. The molecule has 7 heteroatoms. The van der Waals surface area contributed by atoms with E-state index in [0.717, 1.165) is 32.7 Å². The van der Waals surface area contributed by atoms with Crippen LogP contribution in [0.2, 0.25) is 0 Å². The Bertz CT molecular complexity index is 667. The van der Waals surface area contributed by atoms with Gasteiger partial charge in [0.2, 0.25) is 6.79 Å². The van der Waals surface area contributed by atoms with Crippen LogP contribution >= 0.6 is 0 Å².